The zero-order chi connectivity index (χ0) is 20.9. The summed E-state index contributed by atoms with van der Waals surface area (Å²) in [6.45, 7) is 13.5. The summed E-state index contributed by atoms with van der Waals surface area (Å²) in [6, 6.07) is 8.26. The molecule has 162 valence electrons. The lowest BCUT2D eigenvalue weighted by Gasteiger charge is -2.30. The topological polar surface area (TPSA) is 68.8 Å². The van der Waals surface area contributed by atoms with E-state index in [1.54, 1.807) is 12.1 Å². The number of aliphatic imine (C=N–C) groups is 1. The highest BCUT2D eigenvalue weighted by molar-refractivity contribution is 14.0. The molecule has 0 atom stereocenters. The molecule has 6 nitrogen and oxygen atoms in total. The fourth-order valence-corrected chi connectivity index (χ4v) is 2.96. The fourth-order valence-electron chi connectivity index (χ4n) is 2.96. The molecule has 7 heteroatoms. The van der Waals surface area contributed by atoms with Gasteiger partial charge < -0.3 is 16.0 Å². The third-order valence-corrected chi connectivity index (χ3v) is 4.25. The van der Waals surface area contributed by atoms with Crippen LogP contribution in [0.3, 0.4) is 0 Å². The molecular weight excluding hydrogens is 477 g/mol. The number of rotatable bonds is 10. The van der Waals surface area contributed by atoms with Gasteiger partial charge in [0.05, 0.1) is 0 Å². The molecule has 0 aliphatic rings. The zero-order valence-corrected chi connectivity index (χ0v) is 20.6. The van der Waals surface area contributed by atoms with Gasteiger partial charge in [-0.1, -0.05) is 12.0 Å². The van der Waals surface area contributed by atoms with Crippen molar-refractivity contribution in [3.8, 4) is 12.3 Å². The van der Waals surface area contributed by atoms with E-state index in [2.05, 4.69) is 59.5 Å². The Morgan fingerprint density at radius 2 is 1.90 bits per heavy atom. The maximum atomic E-state index is 12.2. The number of carbonyl (C=O) groups is 1. The predicted octanol–water partition coefficient (Wildman–Crippen LogP) is 3.29. The molecule has 0 heterocycles. The number of guanidine groups is 1. The second kappa shape index (κ2) is 15.1. The Labute approximate surface area is 193 Å². The minimum atomic E-state index is -0.183. The van der Waals surface area contributed by atoms with Crippen LogP contribution >= 0.6 is 24.0 Å². The van der Waals surface area contributed by atoms with Crippen molar-refractivity contribution in [2.45, 2.75) is 53.1 Å². The second-order valence-corrected chi connectivity index (χ2v) is 7.17. The number of nitrogens with zero attached hydrogens (tertiary/aromatic N) is 2. The molecule has 0 unspecified atom stereocenters. The van der Waals surface area contributed by atoms with Crippen molar-refractivity contribution in [3.05, 3.63) is 29.8 Å². The molecule has 0 aromatic heterocycles. The van der Waals surface area contributed by atoms with Crippen LogP contribution in [0.2, 0.25) is 0 Å². The number of terminal acetylenes is 1. The number of carbonyl (C=O) groups excluding carboxylic acids is 1. The van der Waals surface area contributed by atoms with Gasteiger partial charge in [0, 0.05) is 43.0 Å². The maximum Gasteiger partial charge on any atom is 0.246 e. The summed E-state index contributed by atoms with van der Waals surface area (Å²) in [5.74, 6) is 3.02. The SMILES string of the molecule is C#Cc1cccc(NC(=O)CN=C(NCC)NCCCN(C(C)C)C(C)C)c1.I. The number of amides is 1. The molecule has 29 heavy (non-hydrogen) atoms. The van der Waals surface area contributed by atoms with Crippen molar-refractivity contribution in [1.29, 1.82) is 0 Å². The van der Waals surface area contributed by atoms with Crippen LogP contribution in [0.5, 0.6) is 0 Å². The molecule has 1 aromatic carbocycles. The Morgan fingerprint density at radius 3 is 2.48 bits per heavy atom. The van der Waals surface area contributed by atoms with Gasteiger partial charge >= 0.3 is 0 Å². The summed E-state index contributed by atoms with van der Waals surface area (Å²) in [7, 11) is 0. The molecule has 0 spiro atoms. The van der Waals surface area contributed by atoms with Gasteiger partial charge in [-0.05, 0) is 59.2 Å². The Hall–Kier alpha value is -1.79. The third kappa shape index (κ3) is 11.1. The van der Waals surface area contributed by atoms with Gasteiger partial charge in [-0.3, -0.25) is 9.69 Å². The number of halogens is 1. The molecule has 1 aromatic rings. The Bertz CT molecular complexity index is 674. The predicted molar refractivity (Wildman–Crippen MR) is 134 cm³/mol. The Balaban J connectivity index is 0.00000784. The van der Waals surface area contributed by atoms with Gasteiger partial charge in [0.1, 0.15) is 6.54 Å². The van der Waals surface area contributed by atoms with E-state index in [9.17, 15) is 4.79 Å². The molecule has 0 aliphatic carbocycles. The van der Waals surface area contributed by atoms with Gasteiger partial charge in [-0.2, -0.15) is 0 Å². The highest BCUT2D eigenvalue weighted by Crippen LogP contribution is 2.09. The molecule has 0 saturated carbocycles. The van der Waals surface area contributed by atoms with E-state index in [1.807, 2.05) is 19.1 Å². The molecule has 0 saturated heterocycles. The summed E-state index contributed by atoms with van der Waals surface area (Å²) in [5, 5.41) is 9.29. The normalized spacial score (nSPS) is 11.2. The van der Waals surface area contributed by atoms with E-state index in [4.69, 9.17) is 6.42 Å². The van der Waals surface area contributed by atoms with Crippen molar-refractivity contribution >= 4 is 41.5 Å². The molecule has 0 radical (unpaired) electrons. The van der Waals surface area contributed by atoms with Crippen LogP contribution in [-0.4, -0.2) is 55.0 Å². The molecule has 0 aliphatic heterocycles. The highest BCUT2D eigenvalue weighted by atomic mass is 127. The van der Waals surface area contributed by atoms with Crippen molar-refractivity contribution in [3.63, 3.8) is 0 Å². The van der Waals surface area contributed by atoms with Crippen LogP contribution in [0.4, 0.5) is 5.69 Å². The lowest BCUT2D eigenvalue weighted by Crippen LogP contribution is -2.41. The van der Waals surface area contributed by atoms with E-state index in [1.165, 1.54) is 0 Å². The van der Waals surface area contributed by atoms with Gasteiger partial charge in [0.2, 0.25) is 5.91 Å². The first kappa shape index (κ1) is 27.2. The summed E-state index contributed by atoms with van der Waals surface area (Å²) in [5.41, 5.74) is 1.41. The van der Waals surface area contributed by atoms with E-state index in [0.717, 1.165) is 31.6 Å². The molecular formula is C22H36IN5O. The van der Waals surface area contributed by atoms with Crippen molar-refractivity contribution in [2.24, 2.45) is 4.99 Å². The Kier molecular flexibility index (Phi) is 14.2. The van der Waals surface area contributed by atoms with Crippen LogP contribution < -0.4 is 16.0 Å². The minimum absolute atomic E-state index is 0. The van der Waals surface area contributed by atoms with Crippen LogP contribution in [0, 0.1) is 12.3 Å². The van der Waals surface area contributed by atoms with Crippen LogP contribution in [0.25, 0.3) is 0 Å². The smallest absolute Gasteiger partial charge is 0.246 e. The molecule has 0 fully saturated rings. The first-order valence-electron chi connectivity index (χ1n) is 10.0. The molecule has 1 rings (SSSR count). The lowest BCUT2D eigenvalue weighted by atomic mass is 10.2. The average Bonchev–Trinajstić information content (AvgIpc) is 2.65. The zero-order valence-electron chi connectivity index (χ0n) is 18.3. The number of hydrogen-bond acceptors (Lipinski definition) is 3. The minimum Gasteiger partial charge on any atom is -0.357 e. The van der Waals surface area contributed by atoms with Crippen molar-refractivity contribution in [1.82, 2.24) is 15.5 Å². The third-order valence-electron chi connectivity index (χ3n) is 4.25. The lowest BCUT2D eigenvalue weighted by molar-refractivity contribution is -0.114. The maximum absolute atomic E-state index is 12.2. The van der Waals surface area contributed by atoms with E-state index in [0.29, 0.717) is 23.7 Å². The van der Waals surface area contributed by atoms with E-state index >= 15 is 0 Å². The first-order valence-corrected chi connectivity index (χ1v) is 10.0. The van der Waals surface area contributed by atoms with Crippen LogP contribution in [-0.2, 0) is 4.79 Å². The van der Waals surface area contributed by atoms with Gasteiger partial charge in [-0.25, -0.2) is 4.99 Å². The number of anilines is 1. The molecule has 3 N–H and O–H groups in total. The number of benzene rings is 1. The summed E-state index contributed by atoms with van der Waals surface area (Å²) in [6.07, 6.45) is 6.39. The molecule has 1 amide bonds. The highest BCUT2D eigenvalue weighted by Gasteiger charge is 2.12. The van der Waals surface area contributed by atoms with E-state index in [-0.39, 0.29) is 36.4 Å². The summed E-state index contributed by atoms with van der Waals surface area (Å²) >= 11 is 0. The first-order chi connectivity index (χ1) is 13.4. The second-order valence-electron chi connectivity index (χ2n) is 7.17. The standard InChI is InChI=1S/C22H35N5O.HI/c1-7-19-11-9-12-20(15-19)26-21(28)16-25-22(23-8-2)24-13-10-14-27(17(3)4)18(5)6;/h1,9,11-12,15,17-18H,8,10,13-14,16H2,2-6H3,(H,26,28)(H2,23,24,25);1H. The van der Waals surface area contributed by atoms with Crippen molar-refractivity contribution in [2.75, 3.05) is 31.5 Å². The number of hydrogen-bond donors (Lipinski definition) is 3. The van der Waals surface area contributed by atoms with Gasteiger partial charge in [0.15, 0.2) is 5.96 Å². The Morgan fingerprint density at radius 1 is 1.21 bits per heavy atom. The van der Waals surface area contributed by atoms with Crippen molar-refractivity contribution < 1.29 is 4.79 Å². The molecule has 0 bridgehead atoms. The fraction of sp³-hybridized carbons (Fsp3) is 0.545. The van der Waals surface area contributed by atoms with Gasteiger partial charge in [0.25, 0.3) is 0 Å². The van der Waals surface area contributed by atoms with Gasteiger partial charge in [-0.15, -0.1) is 30.4 Å². The van der Waals surface area contributed by atoms with Crippen LogP contribution in [0.15, 0.2) is 29.3 Å². The van der Waals surface area contributed by atoms with Crippen LogP contribution in [0.1, 0.15) is 46.6 Å². The van der Waals surface area contributed by atoms with E-state index < -0.39 is 0 Å². The summed E-state index contributed by atoms with van der Waals surface area (Å²) < 4.78 is 0. The average molecular weight is 513 g/mol. The number of nitrogens with one attached hydrogen (secondary N) is 3. The largest absolute Gasteiger partial charge is 0.357 e. The summed E-state index contributed by atoms with van der Waals surface area (Å²) in [4.78, 5) is 19.0. The monoisotopic (exact) mass is 513 g/mol. The quantitative estimate of drug-likeness (QED) is 0.148.